The van der Waals surface area contributed by atoms with Gasteiger partial charge in [-0.2, -0.15) is 13.2 Å². The Kier molecular flexibility index (Phi) is 7.44. The van der Waals surface area contributed by atoms with E-state index in [0.29, 0.717) is 6.54 Å². The number of alkyl halides is 3. The highest BCUT2D eigenvalue weighted by Crippen LogP contribution is 2.33. The number of rotatable bonds is 7. The van der Waals surface area contributed by atoms with Gasteiger partial charge in [0.2, 0.25) is 0 Å². The quantitative estimate of drug-likeness (QED) is 0.429. The second kappa shape index (κ2) is 8.61. The highest BCUT2D eigenvalue weighted by molar-refractivity contribution is 6.38. The van der Waals surface area contributed by atoms with Crippen LogP contribution in [-0.2, 0) is 9.53 Å². The van der Waals surface area contributed by atoms with Gasteiger partial charge in [-0.3, -0.25) is 0 Å². The zero-order valence-corrected chi connectivity index (χ0v) is 13.9. The molecule has 0 fully saturated rings. The Morgan fingerprint density at radius 2 is 1.91 bits per heavy atom. The number of benzene rings is 1. The number of hydrogen-bond donors (Lipinski definition) is 2. The summed E-state index contributed by atoms with van der Waals surface area (Å²) >= 11 is 11.8. The van der Waals surface area contributed by atoms with Crippen molar-refractivity contribution >= 4 is 34.9 Å². The monoisotopic (exact) mass is 372 g/mol. The largest absolute Gasteiger partial charge is 0.490 e. The van der Waals surface area contributed by atoms with Gasteiger partial charge in [-0.1, -0.05) is 36.5 Å². The maximum atomic E-state index is 12.4. The van der Waals surface area contributed by atoms with Crippen LogP contribution in [0.5, 0.6) is 0 Å². The SMILES string of the molecule is CCCCNCC(OC(=O)C(F)(F)F)c1cc(Cl)c(N)c(Cl)c1. The number of unbranched alkanes of at least 4 members (excludes halogenated alkanes) is 1. The zero-order valence-electron chi connectivity index (χ0n) is 12.3. The molecule has 0 aliphatic heterocycles. The van der Waals surface area contributed by atoms with Crippen molar-refractivity contribution in [1.29, 1.82) is 0 Å². The van der Waals surface area contributed by atoms with Gasteiger partial charge in [0.15, 0.2) is 0 Å². The summed E-state index contributed by atoms with van der Waals surface area (Å²) in [4.78, 5) is 11.1. The third kappa shape index (κ3) is 6.08. The highest BCUT2D eigenvalue weighted by atomic mass is 35.5. The van der Waals surface area contributed by atoms with E-state index >= 15 is 0 Å². The lowest BCUT2D eigenvalue weighted by molar-refractivity contribution is -0.205. The van der Waals surface area contributed by atoms with Crippen LogP contribution in [0.3, 0.4) is 0 Å². The molecule has 130 valence electrons. The van der Waals surface area contributed by atoms with Crippen molar-refractivity contribution in [3.05, 3.63) is 27.7 Å². The maximum Gasteiger partial charge on any atom is 0.490 e. The number of nitrogens with one attached hydrogen (secondary N) is 1. The molecule has 0 saturated carbocycles. The molecule has 1 atom stereocenters. The smallest absolute Gasteiger partial charge is 0.449 e. The van der Waals surface area contributed by atoms with Crippen LogP contribution < -0.4 is 11.1 Å². The summed E-state index contributed by atoms with van der Waals surface area (Å²) in [5.74, 6) is -2.27. The number of anilines is 1. The third-order valence-electron chi connectivity index (χ3n) is 2.99. The molecule has 0 radical (unpaired) electrons. The number of carbonyl (C=O) groups excluding carboxylic acids is 1. The fourth-order valence-electron chi connectivity index (χ4n) is 1.75. The molecule has 23 heavy (non-hydrogen) atoms. The number of halogens is 5. The van der Waals surface area contributed by atoms with E-state index in [1.54, 1.807) is 0 Å². The number of carbonyl (C=O) groups is 1. The molecule has 0 heterocycles. The summed E-state index contributed by atoms with van der Waals surface area (Å²) in [7, 11) is 0. The molecular weight excluding hydrogens is 356 g/mol. The Morgan fingerprint density at radius 1 is 1.35 bits per heavy atom. The van der Waals surface area contributed by atoms with E-state index in [2.05, 4.69) is 10.1 Å². The van der Waals surface area contributed by atoms with Crippen molar-refractivity contribution in [2.24, 2.45) is 0 Å². The first-order chi connectivity index (χ1) is 10.7. The van der Waals surface area contributed by atoms with Gasteiger partial charge in [-0.05, 0) is 30.7 Å². The van der Waals surface area contributed by atoms with Crippen molar-refractivity contribution in [3.8, 4) is 0 Å². The van der Waals surface area contributed by atoms with Crippen LogP contribution in [0.15, 0.2) is 12.1 Å². The zero-order chi connectivity index (χ0) is 17.6. The van der Waals surface area contributed by atoms with Crippen LogP contribution >= 0.6 is 23.2 Å². The van der Waals surface area contributed by atoms with Crippen LogP contribution in [0.4, 0.5) is 18.9 Å². The molecule has 1 aromatic carbocycles. The van der Waals surface area contributed by atoms with Crippen LogP contribution in [0.25, 0.3) is 0 Å². The van der Waals surface area contributed by atoms with Crippen molar-refractivity contribution in [3.63, 3.8) is 0 Å². The number of esters is 1. The van der Waals surface area contributed by atoms with Crippen molar-refractivity contribution in [1.82, 2.24) is 5.32 Å². The predicted octanol–water partition coefficient (Wildman–Crippen LogP) is 4.11. The average molecular weight is 373 g/mol. The summed E-state index contributed by atoms with van der Waals surface area (Å²) in [5, 5.41) is 3.09. The van der Waals surface area contributed by atoms with E-state index in [1.165, 1.54) is 12.1 Å². The highest BCUT2D eigenvalue weighted by Gasteiger charge is 2.42. The van der Waals surface area contributed by atoms with Gasteiger partial charge in [-0.25, -0.2) is 4.79 Å². The second-order valence-electron chi connectivity index (χ2n) is 4.85. The summed E-state index contributed by atoms with van der Waals surface area (Å²) in [6.45, 7) is 2.55. The molecule has 1 unspecified atom stereocenters. The molecule has 1 rings (SSSR count). The minimum absolute atomic E-state index is 0.00159. The van der Waals surface area contributed by atoms with Crippen LogP contribution in [0, 0.1) is 0 Å². The summed E-state index contributed by atoms with van der Waals surface area (Å²) < 4.78 is 41.8. The first kappa shape index (κ1) is 19.9. The van der Waals surface area contributed by atoms with E-state index in [4.69, 9.17) is 28.9 Å². The van der Waals surface area contributed by atoms with Gasteiger partial charge < -0.3 is 15.8 Å². The molecule has 0 bridgehead atoms. The molecule has 1 aromatic rings. The Bertz CT molecular complexity index is 530. The van der Waals surface area contributed by atoms with Crippen LogP contribution in [0.2, 0.25) is 10.0 Å². The topological polar surface area (TPSA) is 64.3 Å². The first-order valence-corrected chi connectivity index (χ1v) is 7.65. The van der Waals surface area contributed by atoms with Gasteiger partial charge in [0.25, 0.3) is 0 Å². The summed E-state index contributed by atoms with van der Waals surface area (Å²) in [6.07, 6.45) is -4.51. The normalized spacial score (nSPS) is 13.0. The molecule has 0 aromatic heterocycles. The number of hydrogen-bond acceptors (Lipinski definition) is 4. The molecule has 3 N–H and O–H groups in total. The molecule has 0 saturated heterocycles. The first-order valence-electron chi connectivity index (χ1n) is 6.89. The average Bonchev–Trinajstić information content (AvgIpc) is 2.46. The minimum atomic E-state index is -5.08. The van der Waals surface area contributed by atoms with Crippen LogP contribution in [-0.4, -0.2) is 25.2 Å². The predicted molar refractivity (Wildman–Crippen MR) is 83.5 cm³/mol. The second-order valence-corrected chi connectivity index (χ2v) is 5.66. The van der Waals surface area contributed by atoms with E-state index in [0.717, 1.165) is 12.8 Å². The van der Waals surface area contributed by atoms with Gasteiger partial charge in [0.05, 0.1) is 15.7 Å². The number of ether oxygens (including phenoxy) is 1. The van der Waals surface area contributed by atoms with Gasteiger partial charge in [-0.15, -0.1) is 0 Å². The van der Waals surface area contributed by atoms with Crippen LogP contribution in [0.1, 0.15) is 31.4 Å². The summed E-state index contributed by atoms with van der Waals surface area (Å²) in [6, 6.07) is 2.66. The lowest BCUT2D eigenvalue weighted by Crippen LogP contribution is -2.32. The number of nitrogens with two attached hydrogens (primary N) is 1. The molecular formula is C14H17Cl2F3N2O2. The van der Waals surface area contributed by atoms with Gasteiger partial charge in [0, 0.05) is 6.54 Å². The Morgan fingerprint density at radius 3 is 2.39 bits per heavy atom. The molecule has 0 amide bonds. The summed E-state index contributed by atoms with van der Waals surface area (Å²) in [5.41, 5.74) is 5.93. The minimum Gasteiger partial charge on any atom is -0.449 e. The molecule has 0 aliphatic carbocycles. The fraction of sp³-hybridized carbons (Fsp3) is 0.500. The Balaban J connectivity index is 2.96. The standard InChI is InChI=1S/C14H17Cl2F3N2O2/c1-2-3-4-21-7-11(23-13(22)14(17,18)19)8-5-9(15)12(20)10(16)6-8/h5-6,11,21H,2-4,7,20H2,1H3. The maximum absolute atomic E-state index is 12.4. The number of nitrogen functional groups attached to an aromatic ring is 1. The van der Waals surface area contributed by atoms with E-state index in [-0.39, 0.29) is 27.8 Å². The fourth-order valence-corrected chi connectivity index (χ4v) is 2.25. The lowest BCUT2D eigenvalue weighted by Gasteiger charge is -2.20. The Labute approximate surface area is 142 Å². The molecule has 4 nitrogen and oxygen atoms in total. The van der Waals surface area contributed by atoms with Crippen molar-refractivity contribution in [2.45, 2.75) is 32.0 Å². The van der Waals surface area contributed by atoms with Crippen molar-refractivity contribution in [2.75, 3.05) is 18.8 Å². The van der Waals surface area contributed by atoms with Gasteiger partial charge in [0.1, 0.15) is 6.10 Å². The van der Waals surface area contributed by atoms with E-state index in [9.17, 15) is 18.0 Å². The molecule has 9 heteroatoms. The molecule has 0 aliphatic rings. The van der Waals surface area contributed by atoms with Gasteiger partial charge >= 0.3 is 12.1 Å². The van der Waals surface area contributed by atoms with E-state index in [1.807, 2.05) is 6.92 Å². The molecule has 0 spiro atoms. The van der Waals surface area contributed by atoms with E-state index < -0.39 is 18.2 Å². The Hall–Kier alpha value is -1.18. The third-order valence-corrected chi connectivity index (χ3v) is 3.62. The lowest BCUT2D eigenvalue weighted by atomic mass is 10.1. The van der Waals surface area contributed by atoms with Crippen molar-refractivity contribution < 1.29 is 22.7 Å².